The summed E-state index contributed by atoms with van der Waals surface area (Å²) in [6, 6.07) is 6.78. The van der Waals surface area contributed by atoms with Crippen molar-refractivity contribution in [1.29, 1.82) is 0 Å². The minimum Gasteiger partial charge on any atom is -0.375 e. The number of nitrogens with one attached hydrogen (secondary N) is 1. The Hall–Kier alpha value is -0.930. The highest BCUT2D eigenvalue weighted by atomic mass is 19.1. The lowest BCUT2D eigenvalue weighted by molar-refractivity contribution is 0.0149. The van der Waals surface area contributed by atoms with E-state index in [1.165, 1.54) is 6.07 Å². The van der Waals surface area contributed by atoms with Crippen molar-refractivity contribution in [1.82, 2.24) is 5.32 Å². The molecule has 0 unspecified atom stereocenters. The van der Waals surface area contributed by atoms with Crippen molar-refractivity contribution in [3.63, 3.8) is 0 Å². The van der Waals surface area contributed by atoms with Crippen LogP contribution in [0, 0.1) is 5.82 Å². The van der Waals surface area contributed by atoms with E-state index in [0.717, 1.165) is 12.1 Å². The van der Waals surface area contributed by atoms with Crippen molar-refractivity contribution in [3.05, 3.63) is 35.6 Å². The van der Waals surface area contributed by atoms with Crippen molar-refractivity contribution >= 4 is 0 Å². The Bertz CT molecular complexity index is 308. The fraction of sp³-hybridized carbons (Fsp3) is 0.455. The molecule has 0 aromatic heterocycles. The van der Waals surface area contributed by atoms with Gasteiger partial charge in [-0.1, -0.05) is 12.1 Å². The number of morpholine rings is 1. The Morgan fingerprint density at radius 3 is 3.00 bits per heavy atom. The summed E-state index contributed by atoms with van der Waals surface area (Å²) in [7, 11) is 0. The molecule has 76 valence electrons. The van der Waals surface area contributed by atoms with Gasteiger partial charge in [-0.3, -0.25) is 0 Å². The number of ether oxygens (including phenoxy) is 1. The third-order valence-corrected chi connectivity index (χ3v) is 2.45. The van der Waals surface area contributed by atoms with Gasteiger partial charge in [-0.05, 0) is 24.6 Å². The molecule has 1 aliphatic rings. The highest BCUT2D eigenvalue weighted by molar-refractivity contribution is 5.20. The maximum absolute atomic E-state index is 12.9. The summed E-state index contributed by atoms with van der Waals surface area (Å²) in [5.74, 6) is -0.192. The Kier molecular flexibility index (Phi) is 2.79. The zero-order chi connectivity index (χ0) is 9.97. The van der Waals surface area contributed by atoms with Crippen LogP contribution in [0.25, 0.3) is 0 Å². The van der Waals surface area contributed by atoms with E-state index < -0.39 is 0 Å². The number of rotatable bonds is 1. The average molecular weight is 195 g/mol. The molecule has 1 aromatic carbocycles. The van der Waals surface area contributed by atoms with E-state index in [0.29, 0.717) is 6.61 Å². The van der Waals surface area contributed by atoms with Crippen LogP contribution < -0.4 is 5.32 Å². The molecule has 1 N–H and O–H groups in total. The van der Waals surface area contributed by atoms with Crippen molar-refractivity contribution in [2.75, 3.05) is 13.2 Å². The van der Waals surface area contributed by atoms with Crippen molar-refractivity contribution in [3.8, 4) is 0 Å². The molecule has 1 aromatic rings. The molecule has 1 heterocycles. The largest absolute Gasteiger partial charge is 0.375 e. The average Bonchev–Trinajstić information content (AvgIpc) is 2.19. The molecular weight excluding hydrogens is 181 g/mol. The summed E-state index contributed by atoms with van der Waals surface area (Å²) in [4.78, 5) is 0. The van der Waals surface area contributed by atoms with E-state index in [1.807, 2.05) is 13.0 Å². The van der Waals surface area contributed by atoms with Gasteiger partial charge in [0.1, 0.15) is 5.82 Å². The molecule has 2 rings (SSSR count). The van der Waals surface area contributed by atoms with Gasteiger partial charge in [0.15, 0.2) is 0 Å². The molecule has 3 heteroatoms. The summed E-state index contributed by atoms with van der Waals surface area (Å²) >= 11 is 0. The summed E-state index contributed by atoms with van der Waals surface area (Å²) in [6.45, 7) is 3.46. The van der Waals surface area contributed by atoms with Crippen LogP contribution in [0.4, 0.5) is 4.39 Å². The predicted octanol–water partition coefficient (Wildman–Crippen LogP) is 1.88. The highest BCUT2D eigenvalue weighted by Crippen LogP contribution is 2.18. The van der Waals surface area contributed by atoms with Crippen LogP contribution in [0.15, 0.2) is 24.3 Å². The minimum atomic E-state index is -0.192. The fourth-order valence-corrected chi connectivity index (χ4v) is 1.62. The smallest absolute Gasteiger partial charge is 0.123 e. The van der Waals surface area contributed by atoms with Gasteiger partial charge in [0.2, 0.25) is 0 Å². The third-order valence-electron chi connectivity index (χ3n) is 2.45. The van der Waals surface area contributed by atoms with Crippen LogP contribution in [0.3, 0.4) is 0 Å². The van der Waals surface area contributed by atoms with Crippen molar-refractivity contribution < 1.29 is 9.13 Å². The second-order valence-corrected chi connectivity index (χ2v) is 3.66. The molecule has 0 amide bonds. The Morgan fingerprint density at radius 2 is 2.36 bits per heavy atom. The van der Waals surface area contributed by atoms with Crippen LogP contribution in [0.1, 0.15) is 18.5 Å². The molecule has 2 atom stereocenters. The van der Waals surface area contributed by atoms with Crippen molar-refractivity contribution in [2.45, 2.75) is 19.1 Å². The van der Waals surface area contributed by atoms with Crippen molar-refractivity contribution in [2.24, 2.45) is 0 Å². The standard InChI is InChI=1S/C11H14FNO/c1-8-6-13-11(7-14-8)9-3-2-4-10(12)5-9/h2-5,8,11,13H,6-7H2,1H3/t8-,11+/m0/s1. The molecule has 1 saturated heterocycles. The summed E-state index contributed by atoms with van der Waals surface area (Å²) in [5.41, 5.74) is 0.955. The first-order chi connectivity index (χ1) is 6.75. The van der Waals surface area contributed by atoms with Gasteiger partial charge >= 0.3 is 0 Å². The fourth-order valence-electron chi connectivity index (χ4n) is 1.62. The lowest BCUT2D eigenvalue weighted by atomic mass is 10.1. The molecule has 0 saturated carbocycles. The quantitative estimate of drug-likeness (QED) is 0.738. The Labute approximate surface area is 83.1 Å². The topological polar surface area (TPSA) is 21.3 Å². The first-order valence-electron chi connectivity index (χ1n) is 4.86. The maximum Gasteiger partial charge on any atom is 0.123 e. The molecule has 0 spiro atoms. The number of halogens is 1. The van der Waals surface area contributed by atoms with E-state index in [9.17, 15) is 4.39 Å². The van der Waals surface area contributed by atoms with Gasteiger partial charge in [-0.25, -0.2) is 4.39 Å². The van der Waals surface area contributed by atoms with Gasteiger partial charge in [0.25, 0.3) is 0 Å². The van der Waals surface area contributed by atoms with Gasteiger partial charge in [-0.2, -0.15) is 0 Å². The Balaban J connectivity index is 2.08. The lowest BCUT2D eigenvalue weighted by Crippen LogP contribution is -2.39. The zero-order valence-electron chi connectivity index (χ0n) is 8.16. The van der Waals surface area contributed by atoms with E-state index in [2.05, 4.69) is 5.32 Å². The molecule has 1 fully saturated rings. The van der Waals surface area contributed by atoms with Crippen LogP contribution in [-0.2, 0) is 4.74 Å². The molecule has 0 bridgehead atoms. The van der Waals surface area contributed by atoms with Crippen LogP contribution in [-0.4, -0.2) is 19.3 Å². The summed E-state index contributed by atoms with van der Waals surface area (Å²) < 4.78 is 18.4. The third kappa shape index (κ3) is 2.11. The van der Waals surface area contributed by atoms with E-state index in [4.69, 9.17) is 4.74 Å². The normalized spacial score (nSPS) is 27.6. The molecular formula is C11H14FNO. The maximum atomic E-state index is 12.9. The van der Waals surface area contributed by atoms with Gasteiger partial charge in [0.05, 0.1) is 18.8 Å². The van der Waals surface area contributed by atoms with E-state index >= 15 is 0 Å². The van der Waals surface area contributed by atoms with Crippen LogP contribution in [0.2, 0.25) is 0 Å². The van der Waals surface area contributed by atoms with E-state index in [1.54, 1.807) is 12.1 Å². The first kappa shape index (κ1) is 9.62. The van der Waals surface area contributed by atoms with Gasteiger partial charge in [0, 0.05) is 6.54 Å². The highest BCUT2D eigenvalue weighted by Gasteiger charge is 2.19. The SMILES string of the molecule is C[C@H]1CN[C@@H](c2cccc(F)c2)CO1. The number of hydrogen-bond donors (Lipinski definition) is 1. The summed E-state index contributed by atoms with van der Waals surface area (Å²) in [5, 5.41) is 3.32. The number of benzene rings is 1. The van der Waals surface area contributed by atoms with Gasteiger partial charge in [-0.15, -0.1) is 0 Å². The van der Waals surface area contributed by atoms with E-state index in [-0.39, 0.29) is 18.0 Å². The second kappa shape index (κ2) is 4.07. The molecule has 0 aliphatic carbocycles. The zero-order valence-corrected chi connectivity index (χ0v) is 8.16. The molecule has 2 nitrogen and oxygen atoms in total. The number of hydrogen-bond acceptors (Lipinski definition) is 2. The van der Waals surface area contributed by atoms with Crippen LogP contribution >= 0.6 is 0 Å². The Morgan fingerprint density at radius 1 is 1.50 bits per heavy atom. The molecule has 14 heavy (non-hydrogen) atoms. The van der Waals surface area contributed by atoms with Crippen LogP contribution in [0.5, 0.6) is 0 Å². The lowest BCUT2D eigenvalue weighted by Gasteiger charge is -2.28. The van der Waals surface area contributed by atoms with Gasteiger partial charge < -0.3 is 10.1 Å². The summed E-state index contributed by atoms with van der Waals surface area (Å²) in [6.07, 6.45) is 0.250. The monoisotopic (exact) mass is 195 g/mol. The first-order valence-corrected chi connectivity index (χ1v) is 4.86. The predicted molar refractivity (Wildman–Crippen MR) is 52.6 cm³/mol. The molecule has 0 radical (unpaired) electrons. The second-order valence-electron chi connectivity index (χ2n) is 3.66. The molecule has 1 aliphatic heterocycles. The minimum absolute atomic E-state index is 0.127.